The average Bonchev–Trinajstić information content (AvgIpc) is 2.40. The van der Waals surface area contributed by atoms with Crippen LogP contribution in [0.1, 0.15) is 64.6 Å². The van der Waals surface area contributed by atoms with E-state index in [1.807, 2.05) is 0 Å². The van der Waals surface area contributed by atoms with Gasteiger partial charge in [0.05, 0.1) is 7.11 Å². The maximum absolute atomic E-state index is 6.09. The standard InChI is InChI=1S/C15H26N4O/c1-15(2,3)19-13-11(16)14(20-4)18-12(17-13)10-8-6-5-7-9-10/h10H,5-9,16H2,1-4H3,(H,17,18,19). The van der Waals surface area contributed by atoms with Crippen LogP contribution in [0, 0.1) is 0 Å². The maximum atomic E-state index is 6.09. The van der Waals surface area contributed by atoms with Crippen molar-refractivity contribution in [1.82, 2.24) is 9.97 Å². The van der Waals surface area contributed by atoms with E-state index in [1.54, 1.807) is 7.11 Å². The van der Waals surface area contributed by atoms with Crippen molar-refractivity contribution in [1.29, 1.82) is 0 Å². The monoisotopic (exact) mass is 278 g/mol. The van der Waals surface area contributed by atoms with Crippen molar-refractivity contribution in [3.63, 3.8) is 0 Å². The Hall–Kier alpha value is -1.52. The zero-order chi connectivity index (χ0) is 14.8. The molecule has 5 heteroatoms. The van der Waals surface area contributed by atoms with Crippen LogP contribution < -0.4 is 15.8 Å². The van der Waals surface area contributed by atoms with Crippen molar-refractivity contribution in [2.75, 3.05) is 18.2 Å². The number of nitrogen functional groups attached to an aromatic ring is 1. The summed E-state index contributed by atoms with van der Waals surface area (Å²) in [6, 6.07) is 0. The smallest absolute Gasteiger partial charge is 0.242 e. The molecular formula is C15H26N4O. The summed E-state index contributed by atoms with van der Waals surface area (Å²) in [5.41, 5.74) is 6.48. The van der Waals surface area contributed by atoms with Crippen LogP contribution in [0.3, 0.4) is 0 Å². The maximum Gasteiger partial charge on any atom is 0.242 e. The summed E-state index contributed by atoms with van der Waals surface area (Å²) >= 11 is 0. The van der Waals surface area contributed by atoms with Crippen molar-refractivity contribution in [3.8, 4) is 5.88 Å². The Kier molecular flexibility index (Phi) is 4.35. The lowest BCUT2D eigenvalue weighted by molar-refractivity contribution is 0.385. The lowest BCUT2D eigenvalue weighted by atomic mass is 9.88. The van der Waals surface area contributed by atoms with E-state index in [4.69, 9.17) is 10.5 Å². The van der Waals surface area contributed by atoms with Crippen LogP contribution in [0.25, 0.3) is 0 Å². The predicted molar refractivity (Wildman–Crippen MR) is 82.2 cm³/mol. The van der Waals surface area contributed by atoms with E-state index in [2.05, 4.69) is 36.1 Å². The second-order valence-corrected chi connectivity index (χ2v) is 6.56. The second-order valence-electron chi connectivity index (χ2n) is 6.56. The molecule has 1 aliphatic carbocycles. The van der Waals surface area contributed by atoms with Crippen LogP contribution in [-0.2, 0) is 0 Å². The van der Waals surface area contributed by atoms with Crippen LogP contribution in [0.2, 0.25) is 0 Å². The van der Waals surface area contributed by atoms with Gasteiger partial charge in [-0.3, -0.25) is 0 Å². The third-order valence-corrected chi connectivity index (χ3v) is 3.59. The van der Waals surface area contributed by atoms with Crippen LogP contribution in [-0.4, -0.2) is 22.6 Å². The number of hydrogen-bond acceptors (Lipinski definition) is 5. The van der Waals surface area contributed by atoms with E-state index in [9.17, 15) is 0 Å². The first kappa shape index (κ1) is 14.9. The van der Waals surface area contributed by atoms with Gasteiger partial charge >= 0.3 is 0 Å². The Balaban J connectivity index is 2.35. The highest BCUT2D eigenvalue weighted by Gasteiger charge is 2.23. The van der Waals surface area contributed by atoms with Gasteiger partial charge in [0, 0.05) is 11.5 Å². The molecule has 1 fully saturated rings. The molecule has 2 rings (SSSR count). The molecule has 0 amide bonds. The molecule has 1 aromatic heterocycles. The number of ether oxygens (including phenoxy) is 1. The van der Waals surface area contributed by atoms with Gasteiger partial charge in [0.1, 0.15) is 11.5 Å². The summed E-state index contributed by atoms with van der Waals surface area (Å²) < 4.78 is 5.32. The third-order valence-electron chi connectivity index (χ3n) is 3.59. The van der Waals surface area contributed by atoms with Crippen LogP contribution in [0.15, 0.2) is 0 Å². The number of aromatic nitrogens is 2. The number of anilines is 2. The molecule has 3 N–H and O–H groups in total. The van der Waals surface area contributed by atoms with Gasteiger partial charge in [-0.25, -0.2) is 4.98 Å². The number of methoxy groups -OCH3 is 1. The fourth-order valence-corrected chi connectivity index (χ4v) is 2.61. The summed E-state index contributed by atoms with van der Waals surface area (Å²) in [4.78, 5) is 9.17. The molecule has 0 radical (unpaired) electrons. The van der Waals surface area contributed by atoms with Crippen LogP contribution in [0.5, 0.6) is 5.88 Å². The predicted octanol–water partition coefficient (Wildman–Crippen LogP) is 3.33. The Morgan fingerprint density at radius 2 is 1.80 bits per heavy atom. The van der Waals surface area contributed by atoms with Gasteiger partial charge in [0.2, 0.25) is 5.88 Å². The van der Waals surface area contributed by atoms with Crippen molar-refractivity contribution in [2.45, 2.75) is 64.3 Å². The first-order chi connectivity index (χ1) is 9.40. The minimum atomic E-state index is -0.0999. The molecule has 0 spiro atoms. The highest BCUT2D eigenvalue weighted by molar-refractivity contribution is 5.67. The van der Waals surface area contributed by atoms with Gasteiger partial charge in [0.15, 0.2) is 5.82 Å². The van der Waals surface area contributed by atoms with Crippen LogP contribution >= 0.6 is 0 Å². The molecule has 0 unspecified atom stereocenters. The van der Waals surface area contributed by atoms with Crippen LogP contribution in [0.4, 0.5) is 11.5 Å². The molecule has 0 bridgehead atoms. The van der Waals surface area contributed by atoms with Gasteiger partial charge in [-0.15, -0.1) is 0 Å². The molecular weight excluding hydrogens is 252 g/mol. The normalized spacial score (nSPS) is 17.0. The van der Waals surface area contributed by atoms with Crippen molar-refractivity contribution >= 4 is 11.5 Å². The Labute approximate surface area is 121 Å². The molecule has 1 aromatic rings. The van der Waals surface area contributed by atoms with Gasteiger partial charge in [-0.2, -0.15) is 4.98 Å². The number of nitrogens with one attached hydrogen (secondary N) is 1. The lowest BCUT2D eigenvalue weighted by Gasteiger charge is -2.25. The molecule has 0 saturated heterocycles. The highest BCUT2D eigenvalue weighted by Crippen LogP contribution is 2.35. The quantitative estimate of drug-likeness (QED) is 0.887. The summed E-state index contributed by atoms with van der Waals surface area (Å²) in [5, 5.41) is 3.35. The Bertz CT molecular complexity index is 462. The number of hydrogen-bond donors (Lipinski definition) is 2. The molecule has 1 heterocycles. The number of nitrogens with zero attached hydrogens (tertiary/aromatic N) is 2. The highest BCUT2D eigenvalue weighted by atomic mass is 16.5. The molecule has 0 aliphatic heterocycles. The number of rotatable bonds is 3. The van der Waals surface area contributed by atoms with E-state index < -0.39 is 0 Å². The topological polar surface area (TPSA) is 73.1 Å². The summed E-state index contributed by atoms with van der Waals surface area (Å²) in [6.07, 6.45) is 6.13. The summed E-state index contributed by atoms with van der Waals surface area (Å²) in [6.45, 7) is 6.25. The van der Waals surface area contributed by atoms with E-state index in [0.29, 0.717) is 23.3 Å². The van der Waals surface area contributed by atoms with Crippen molar-refractivity contribution < 1.29 is 4.74 Å². The fourth-order valence-electron chi connectivity index (χ4n) is 2.61. The second kappa shape index (κ2) is 5.85. The minimum Gasteiger partial charge on any atom is -0.479 e. The molecule has 112 valence electrons. The Morgan fingerprint density at radius 1 is 1.15 bits per heavy atom. The van der Waals surface area contributed by atoms with E-state index in [0.717, 1.165) is 18.7 Å². The zero-order valence-corrected chi connectivity index (χ0v) is 13.0. The van der Waals surface area contributed by atoms with E-state index in [-0.39, 0.29) is 5.54 Å². The lowest BCUT2D eigenvalue weighted by Crippen LogP contribution is -2.28. The van der Waals surface area contributed by atoms with Crippen molar-refractivity contribution in [2.24, 2.45) is 0 Å². The molecule has 0 atom stereocenters. The largest absolute Gasteiger partial charge is 0.479 e. The molecule has 1 saturated carbocycles. The Morgan fingerprint density at radius 3 is 2.35 bits per heavy atom. The fraction of sp³-hybridized carbons (Fsp3) is 0.733. The first-order valence-electron chi connectivity index (χ1n) is 7.40. The SMILES string of the molecule is COc1nc(C2CCCCC2)nc(NC(C)(C)C)c1N. The average molecular weight is 278 g/mol. The minimum absolute atomic E-state index is 0.0999. The zero-order valence-electron chi connectivity index (χ0n) is 13.0. The van der Waals surface area contributed by atoms with Crippen molar-refractivity contribution in [3.05, 3.63) is 5.82 Å². The van der Waals surface area contributed by atoms with E-state index in [1.165, 1.54) is 19.3 Å². The summed E-state index contributed by atoms with van der Waals surface area (Å²) in [7, 11) is 1.60. The van der Waals surface area contributed by atoms with Gasteiger partial charge in [0.25, 0.3) is 0 Å². The van der Waals surface area contributed by atoms with Gasteiger partial charge in [-0.1, -0.05) is 19.3 Å². The molecule has 1 aliphatic rings. The molecule has 5 nitrogen and oxygen atoms in total. The van der Waals surface area contributed by atoms with Gasteiger partial charge < -0.3 is 15.8 Å². The first-order valence-corrected chi connectivity index (χ1v) is 7.40. The third kappa shape index (κ3) is 3.52. The molecule has 0 aromatic carbocycles. The molecule has 20 heavy (non-hydrogen) atoms. The number of nitrogens with two attached hydrogens (primary N) is 1. The summed E-state index contributed by atoms with van der Waals surface area (Å²) in [5.74, 6) is 2.46. The van der Waals surface area contributed by atoms with Gasteiger partial charge in [-0.05, 0) is 33.6 Å². The van der Waals surface area contributed by atoms with E-state index >= 15 is 0 Å².